The largest absolute Gasteiger partial charge is 0.383 e. The average Bonchev–Trinajstić information content (AvgIpc) is 3.48. The van der Waals surface area contributed by atoms with Gasteiger partial charge in [0.05, 0.1) is 6.54 Å². The van der Waals surface area contributed by atoms with E-state index in [1.54, 1.807) is 0 Å². The van der Waals surface area contributed by atoms with Gasteiger partial charge in [-0.15, -0.1) is 11.3 Å². The first-order valence-electron chi connectivity index (χ1n) is 17.6. The topological polar surface area (TPSA) is 50.7 Å². The van der Waals surface area contributed by atoms with Gasteiger partial charge in [0.25, 0.3) is 0 Å². The minimum Gasteiger partial charge on any atom is -0.383 e. The van der Waals surface area contributed by atoms with E-state index in [1.807, 2.05) is 91.1 Å². The Morgan fingerprint density at radius 1 is 0.765 bits per heavy atom. The van der Waals surface area contributed by atoms with Crippen LogP contribution in [0.15, 0.2) is 178 Å². The number of hydrogen-bond acceptors (Lipinski definition) is 2. The van der Waals surface area contributed by atoms with E-state index >= 15 is 0 Å². The molecule has 3 aromatic carbocycles. The van der Waals surface area contributed by atoms with Gasteiger partial charge in [0.1, 0.15) is 5.84 Å². The van der Waals surface area contributed by atoms with E-state index in [0.717, 1.165) is 46.3 Å². The molecule has 0 radical (unpaired) electrons. The summed E-state index contributed by atoms with van der Waals surface area (Å²) >= 11 is 1.83. The summed E-state index contributed by atoms with van der Waals surface area (Å²) in [4.78, 5) is 11.2. The molecule has 0 atom stereocenters. The molecule has 0 saturated heterocycles. The standard InChI is InChI=1S/C47H51N3S/c1-9-12-20-33(4)34(5)27-28-35(6)38(10-2)30-29-36(7)39(11-3)31-43-37(8)51-44-26-19-25-42(45(43)44)32-49-47(41-23-17-14-18-24-41)50-46(48)40-21-15-13-16-22-40/h9,12-31H,5-6,10-11,32H2,1-4,7-8H3,(H2,48,49,50)/b12-9-,28-27-,33-20+,36-29+,38-30+,39-31+. The first kappa shape index (κ1) is 38.5. The van der Waals surface area contributed by atoms with Crippen LogP contribution in [0.1, 0.15) is 74.6 Å². The summed E-state index contributed by atoms with van der Waals surface area (Å²) in [5.74, 6) is 1.06. The van der Waals surface area contributed by atoms with Crippen LogP contribution in [-0.2, 0) is 6.54 Å². The Morgan fingerprint density at radius 3 is 2.06 bits per heavy atom. The molecule has 4 heteroatoms. The summed E-state index contributed by atoms with van der Waals surface area (Å²) in [5.41, 5.74) is 17.5. The Bertz CT molecular complexity index is 2090. The molecule has 2 N–H and O–H groups in total. The van der Waals surface area contributed by atoms with Crippen LogP contribution in [0.3, 0.4) is 0 Å². The maximum absolute atomic E-state index is 6.48. The predicted molar refractivity (Wildman–Crippen MR) is 227 cm³/mol. The van der Waals surface area contributed by atoms with Crippen molar-refractivity contribution in [2.75, 3.05) is 0 Å². The summed E-state index contributed by atoms with van der Waals surface area (Å²) in [6, 6.07) is 26.4. The number of aliphatic imine (C=N–C) groups is 2. The van der Waals surface area contributed by atoms with E-state index in [0.29, 0.717) is 18.2 Å². The van der Waals surface area contributed by atoms with E-state index in [-0.39, 0.29) is 0 Å². The summed E-state index contributed by atoms with van der Waals surface area (Å²) in [6.07, 6.45) is 18.9. The van der Waals surface area contributed by atoms with Crippen molar-refractivity contribution in [1.29, 1.82) is 0 Å². The molecule has 0 amide bonds. The first-order chi connectivity index (χ1) is 24.7. The van der Waals surface area contributed by atoms with Crippen LogP contribution in [0.25, 0.3) is 16.2 Å². The van der Waals surface area contributed by atoms with Crippen LogP contribution >= 0.6 is 11.3 Å². The molecule has 0 aliphatic rings. The maximum Gasteiger partial charge on any atom is 0.157 e. The SMILES string of the molecule is C=C(/C=C\C(=C)/C(=C/C=C(C)/C(=C/c1c(C)sc2cccc(CN=C(N=C(N)c3ccccc3)c3ccccc3)c12)CC)CC)/C(C)=C/C=C\C. The van der Waals surface area contributed by atoms with E-state index in [4.69, 9.17) is 15.7 Å². The van der Waals surface area contributed by atoms with Gasteiger partial charge in [-0.25, -0.2) is 4.99 Å². The number of thiophene rings is 1. The smallest absolute Gasteiger partial charge is 0.157 e. The van der Waals surface area contributed by atoms with Gasteiger partial charge in [0, 0.05) is 26.1 Å². The fourth-order valence-electron chi connectivity index (χ4n) is 5.64. The molecule has 1 heterocycles. The minimum atomic E-state index is 0.443. The number of benzene rings is 3. The second-order valence-corrected chi connectivity index (χ2v) is 13.7. The maximum atomic E-state index is 6.48. The molecular formula is C47H51N3S. The van der Waals surface area contributed by atoms with E-state index in [1.165, 1.54) is 37.2 Å². The van der Waals surface area contributed by atoms with Crippen molar-refractivity contribution in [1.82, 2.24) is 0 Å². The molecule has 260 valence electrons. The highest BCUT2D eigenvalue weighted by Gasteiger charge is 2.13. The third-order valence-corrected chi connectivity index (χ3v) is 9.90. The molecule has 0 spiro atoms. The van der Waals surface area contributed by atoms with Crippen LogP contribution in [0.5, 0.6) is 0 Å². The summed E-state index contributed by atoms with van der Waals surface area (Å²) < 4.78 is 1.26. The van der Waals surface area contributed by atoms with Gasteiger partial charge in [0.15, 0.2) is 5.84 Å². The van der Waals surface area contributed by atoms with Crippen LogP contribution in [-0.4, -0.2) is 11.7 Å². The molecule has 4 rings (SSSR count). The molecule has 0 saturated carbocycles. The van der Waals surface area contributed by atoms with Crippen LogP contribution in [0.2, 0.25) is 0 Å². The van der Waals surface area contributed by atoms with Crippen molar-refractivity contribution in [3.8, 4) is 0 Å². The number of allylic oxidation sites excluding steroid dienone is 13. The molecule has 0 unspecified atom stereocenters. The number of hydrogen-bond donors (Lipinski definition) is 1. The number of rotatable bonds is 14. The van der Waals surface area contributed by atoms with Gasteiger partial charge in [-0.3, -0.25) is 4.99 Å². The lowest BCUT2D eigenvalue weighted by molar-refractivity contribution is 1.07. The monoisotopic (exact) mass is 689 g/mol. The van der Waals surface area contributed by atoms with Crippen LogP contribution in [0, 0.1) is 6.92 Å². The van der Waals surface area contributed by atoms with Gasteiger partial charge in [-0.05, 0) is 97.2 Å². The molecule has 0 aliphatic heterocycles. The lowest BCUT2D eigenvalue weighted by Crippen LogP contribution is -2.16. The van der Waals surface area contributed by atoms with Crippen LogP contribution in [0.4, 0.5) is 0 Å². The third-order valence-electron chi connectivity index (χ3n) is 8.82. The highest BCUT2D eigenvalue weighted by Crippen LogP contribution is 2.36. The zero-order chi connectivity index (χ0) is 36.8. The van der Waals surface area contributed by atoms with Crippen molar-refractivity contribution in [3.05, 3.63) is 195 Å². The van der Waals surface area contributed by atoms with Crippen LogP contribution < -0.4 is 5.73 Å². The van der Waals surface area contributed by atoms with E-state index < -0.39 is 0 Å². The Labute approximate surface area is 309 Å². The number of amidine groups is 2. The molecule has 0 fully saturated rings. The number of nitrogens with two attached hydrogens (primary N) is 1. The molecule has 0 bridgehead atoms. The van der Waals surface area contributed by atoms with Gasteiger partial charge in [0.2, 0.25) is 0 Å². The van der Waals surface area contributed by atoms with Gasteiger partial charge < -0.3 is 5.73 Å². The predicted octanol–water partition coefficient (Wildman–Crippen LogP) is 12.8. The highest BCUT2D eigenvalue weighted by molar-refractivity contribution is 7.19. The fraction of sp³-hybridized carbons (Fsp3) is 0.191. The van der Waals surface area contributed by atoms with E-state index in [2.05, 4.69) is 102 Å². The number of fused-ring (bicyclic) bond motifs is 1. The lowest BCUT2D eigenvalue weighted by Gasteiger charge is -2.09. The first-order valence-corrected chi connectivity index (χ1v) is 18.4. The minimum absolute atomic E-state index is 0.443. The molecular weight excluding hydrogens is 639 g/mol. The zero-order valence-corrected chi connectivity index (χ0v) is 31.9. The summed E-state index contributed by atoms with van der Waals surface area (Å²) in [7, 11) is 0. The normalized spacial score (nSPS) is 13.9. The van der Waals surface area contributed by atoms with Crippen molar-refractivity contribution < 1.29 is 0 Å². The Balaban J connectivity index is 1.68. The van der Waals surface area contributed by atoms with Crippen molar-refractivity contribution >= 4 is 39.2 Å². The fourth-order valence-corrected chi connectivity index (χ4v) is 6.73. The highest BCUT2D eigenvalue weighted by atomic mass is 32.1. The second-order valence-electron chi connectivity index (χ2n) is 12.4. The van der Waals surface area contributed by atoms with Crippen molar-refractivity contribution in [2.45, 2.75) is 60.9 Å². The van der Waals surface area contributed by atoms with Gasteiger partial charge in [-0.2, -0.15) is 0 Å². The van der Waals surface area contributed by atoms with Crippen molar-refractivity contribution in [3.63, 3.8) is 0 Å². The summed E-state index contributed by atoms with van der Waals surface area (Å²) in [6.45, 7) is 22.0. The molecule has 3 nitrogen and oxygen atoms in total. The second kappa shape index (κ2) is 19.2. The van der Waals surface area contributed by atoms with Gasteiger partial charge in [-0.1, -0.05) is 142 Å². The lowest BCUT2D eigenvalue weighted by atomic mass is 9.97. The molecule has 0 aliphatic carbocycles. The number of aryl methyl sites for hydroxylation is 1. The molecule has 4 aromatic rings. The van der Waals surface area contributed by atoms with Crippen molar-refractivity contribution in [2.24, 2.45) is 15.7 Å². The van der Waals surface area contributed by atoms with Gasteiger partial charge >= 0.3 is 0 Å². The Kier molecular flexibility index (Phi) is 14.5. The Hall–Kier alpha value is -5.32. The van der Waals surface area contributed by atoms with E-state index in [9.17, 15) is 0 Å². The average molecular weight is 690 g/mol. The zero-order valence-electron chi connectivity index (χ0n) is 31.0. The molecule has 1 aromatic heterocycles. The quantitative estimate of drug-likeness (QED) is 0.0799. The Morgan fingerprint density at radius 2 is 1.41 bits per heavy atom. The number of nitrogens with zero attached hydrogens (tertiary/aromatic N) is 2. The third kappa shape index (κ3) is 10.6. The molecule has 51 heavy (non-hydrogen) atoms. The summed E-state index contributed by atoms with van der Waals surface area (Å²) in [5, 5.41) is 1.25.